The Bertz CT molecular complexity index is 841. The van der Waals surface area contributed by atoms with Crippen LogP contribution in [0.2, 0.25) is 5.02 Å². The molecule has 0 saturated heterocycles. The summed E-state index contributed by atoms with van der Waals surface area (Å²) in [5.41, 5.74) is 1.71. The molecule has 0 unspecified atom stereocenters. The highest BCUT2D eigenvalue weighted by Gasteiger charge is 2.15. The molecule has 0 aliphatic heterocycles. The lowest BCUT2D eigenvalue weighted by Gasteiger charge is -2.04. The Kier molecular flexibility index (Phi) is 3.27. The molecule has 3 aromatic rings. The van der Waals surface area contributed by atoms with Crippen LogP contribution in [0.1, 0.15) is 10.4 Å². The number of carboxylic acid groups (broad SMARTS) is 1. The summed E-state index contributed by atoms with van der Waals surface area (Å²) in [5, 5.41) is 9.51. The lowest BCUT2D eigenvalue weighted by atomic mass is 10.2. The molecule has 3 rings (SSSR count). The predicted molar refractivity (Wildman–Crippen MR) is 78.0 cm³/mol. The van der Waals surface area contributed by atoms with Crippen molar-refractivity contribution in [3.63, 3.8) is 0 Å². The summed E-state index contributed by atoms with van der Waals surface area (Å²) in [6, 6.07) is 9.62. The van der Waals surface area contributed by atoms with Gasteiger partial charge in [-0.25, -0.2) is 9.78 Å². The summed E-state index contributed by atoms with van der Waals surface area (Å²) in [5.74, 6) is -0.119. The highest BCUT2D eigenvalue weighted by Crippen LogP contribution is 2.33. The number of hydrogen-bond donors (Lipinski definition) is 1. The van der Waals surface area contributed by atoms with Gasteiger partial charge in [-0.2, -0.15) is 0 Å². The van der Waals surface area contributed by atoms with Gasteiger partial charge < -0.3 is 14.3 Å². The Morgan fingerprint density at radius 2 is 2.10 bits per heavy atom. The maximum atomic E-state index is 11.0. The molecular formula is C15H10ClNO4. The van der Waals surface area contributed by atoms with Crippen molar-refractivity contribution in [1.29, 1.82) is 0 Å². The van der Waals surface area contributed by atoms with E-state index in [0.29, 0.717) is 33.3 Å². The highest BCUT2D eigenvalue weighted by molar-refractivity contribution is 6.30. The zero-order valence-electron chi connectivity index (χ0n) is 11.0. The zero-order valence-corrected chi connectivity index (χ0v) is 11.7. The van der Waals surface area contributed by atoms with E-state index in [-0.39, 0.29) is 5.56 Å². The number of fused-ring (bicyclic) bond motifs is 1. The Balaban J connectivity index is 2.17. The third-order valence-corrected chi connectivity index (χ3v) is 3.26. The van der Waals surface area contributed by atoms with Crippen LogP contribution in [0.5, 0.6) is 5.75 Å². The minimum atomic E-state index is -1.02. The van der Waals surface area contributed by atoms with Crippen LogP contribution >= 0.6 is 11.6 Å². The molecule has 0 saturated carbocycles. The fourth-order valence-corrected chi connectivity index (χ4v) is 2.19. The van der Waals surface area contributed by atoms with Crippen molar-refractivity contribution in [3.05, 3.63) is 47.0 Å². The van der Waals surface area contributed by atoms with Crippen LogP contribution < -0.4 is 4.74 Å². The molecule has 106 valence electrons. The van der Waals surface area contributed by atoms with Crippen molar-refractivity contribution in [2.45, 2.75) is 0 Å². The van der Waals surface area contributed by atoms with Gasteiger partial charge in [0.15, 0.2) is 5.58 Å². The minimum absolute atomic E-state index is 0.142. The number of carboxylic acids is 1. The third kappa shape index (κ3) is 2.43. The molecule has 0 amide bonds. The van der Waals surface area contributed by atoms with Crippen molar-refractivity contribution in [3.8, 4) is 17.2 Å². The molecule has 21 heavy (non-hydrogen) atoms. The van der Waals surface area contributed by atoms with E-state index in [1.54, 1.807) is 24.3 Å². The molecule has 0 spiro atoms. The van der Waals surface area contributed by atoms with Crippen LogP contribution in [-0.4, -0.2) is 23.2 Å². The molecule has 0 aliphatic carbocycles. The first-order chi connectivity index (χ1) is 10.1. The highest BCUT2D eigenvalue weighted by atomic mass is 35.5. The summed E-state index contributed by atoms with van der Waals surface area (Å²) in [7, 11) is 1.54. The second-order valence-electron chi connectivity index (χ2n) is 4.35. The van der Waals surface area contributed by atoms with Crippen LogP contribution in [0.25, 0.3) is 22.6 Å². The smallest absolute Gasteiger partial charge is 0.335 e. The number of methoxy groups -OCH3 is 1. The molecule has 0 fully saturated rings. The van der Waals surface area contributed by atoms with E-state index in [1.807, 2.05) is 0 Å². The van der Waals surface area contributed by atoms with Crippen LogP contribution in [0.15, 0.2) is 40.8 Å². The third-order valence-electron chi connectivity index (χ3n) is 3.03. The summed E-state index contributed by atoms with van der Waals surface area (Å²) in [6.45, 7) is 0. The molecule has 5 nitrogen and oxygen atoms in total. The van der Waals surface area contributed by atoms with Crippen molar-refractivity contribution in [2.75, 3.05) is 7.11 Å². The van der Waals surface area contributed by atoms with Crippen molar-refractivity contribution in [2.24, 2.45) is 0 Å². The van der Waals surface area contributed by atoms with E-state index in [4.69, 9.17) is 25.9 Å². The van der Waals surface area contributed by atoms with Gasteiger partial charge in [-0.1, -0.05) is 11.6 Å². The number of aromatic nitrogens is 1. The van der Waals surface area contributed by atoms with Crippen LogP contribution in [0.4, 0.5) is 0 Å². The average molecular weight is 304 g/mol. The number of rotatable bonds is 3. The molecule has 1 N–H and O–H groups in total. The minimum Gasteiger partial charge on any atom is -0.496 e. The van der Waals surface area contributed by atoms with Crippen molar-refractivity contribution in [1.82, 2.24) is 4.98 Å². The molecule has 2 aromatic carbocycles. The topological polar surface area (TPSA) is 72.6 Å². The van der Waals surface area contributed by atoms with Crippen molar-refractivity contribution >= 4 is 28.7 Å². The predicted octanol–water partition coefficient (Wildman–Crippen LogP) is 3.86. The summed E-state index contributed by atoms with van der Waals surface area (Å²) in [6.07, 6.45) is 0. The molecule has 0 radical (unpaired) electrons. The van der Waals surface area contributed by atoms with Gasteiger partial charge >= 0.3 is 5.97 Å². The molecule has 6 heteroatoms. The van der Waals surface area contributed by atoms with Gasteiger partial charge in [-0.15, -0.1) is 0 Å². The number of aromatic carboxylic acids is 1. The van der Waals surface area contributed by atoms with Gasteiger partial charge in [0.25, 0.3) is 0 Å². The summed E-state index contributed by atoms with van der Waals surface area (Å²) >= 11 is 5.99. The number of nitrogens with zero attached hydrogens (tertiary/aromatic N) is 1. The number of benzene rings is 2. The number of carbonyl (C=O) groups is 1. The summed E-state index contributed by atoms with van der Waals surface area (Å²) in [4.78, 5) is 15.3. The second kappa shape index (κ2) is 5.10. The maximum Gasteiger partial charge on any atom is 0.335 e. The fraction of sp³-hybridized carbons (Fsp3) is 0.0667. The SMILES string of the molecule is COc1ccc(Cl)cc1-c1nc2ccc(C(=O)O)cc2o1. The number of halogens is 1. The lowest BCUT2D eigenvalue weighted by molar-refractivity contribution is 0.0697. The first-order valence-corrected chi connectivity index (χ1v) is 6.44. The van der Waals surface area contributed by atoms with E-state index in [1.165, 1.54) is 19.2 Å². The number of oxazole rings is 1. The van der Waals surface area contributed by atoms with Gasteiger partial charge in [0, 0.05) is 5.02 Å². The van der Waals surface area contributed by atoms with Crippen LogP contribution in [0, 0.1) is 0 Å². The Morgan fingerprint density at radius 3 is 2.81 bits per heavy atom. The Labute approximate surface area is 124 Å². The average Bonchev–Trinajstić information content (AvgIpc) is 2.89. The van der Waals surface area contributed by atoms with Crippen LogP contribution in [-0.2, 0) is 0 Å². The number of hydrogen-bond acceptors (Lipinski definition) is 4. The quantitative estimate of drug-likeness (QED) is 0.795. The normalized spacial score (nSPS) is 10.8. The first-order valence-electron chi connectivity index (χ1n) is 6.06. The van der Waals surface area contributed by atoms with E-state index in [9.17, 15) is 4.79 Å². The van der Waals surface area contributed by atoms with Crippen LogP contribution in [0.3, 0.4) is 0 Å². The lowest BCUT2D eigenvalue weighted by Crippen LogP contribution is -1.94. The molecular weight excluding hydrogens is 294 g/mol. The van der Waals surface area contributed by atoms with E-state index in [2.05, 4.69) is 4.98 Å². The Morgan fingerprint density at radius 1 is 1.29 bits per heavy atom. The molecule has 0 bridgehead atoms. The largest absolute Gasteiger partial charge is 0.496 e. The fourth-order valence-electron chi connectivity index (χ4n) is 2.02. The monoisotopic (exact) mass is 303 g/mol. The van der Waals surface area contributed by atoms with Gasteiger partial charge in [0.2, 0.25) is 5.89 Å². The van der Waals surface area contributed by atoms with Gasteiger partial charge in [0.05, 0.1) is 18.2 Å². The molecule has 1 heterocycles. The van der Waals surface area contributed by atoms with E-state index >= 15 is 0 Å². The maximum absolute atomic E-state index is 11.0. The number of ether oxygens (including phenoxy) is 1. The first kappa shape index (κ1) is 13.5. The van der Waals surface area contributed by atoms with E-state index < -0.39 is 5.97 Å². The zero-order chi connectivity index (χ0) is 15.0. The molecule has 0 atom stereocenters. The van der Waals surface area contributed by atoms with Gasteiger partial charge in [0.1, 0.15) is 11.3 Å². The molecule has 0 aliphatic rings. The van der Waals surface area contributed by atoms with Gasteiger partial charge in [-0.05, 0) is 36.4 Å². The van der Waals surface area contributed by atoms with Gasteiger partial charge in [-0.3, -0.25) is 0 Å². The van der Waals surface area contributed by atoms with E-state index in [0.717, 1.165) is 0 Å². The standard InChI is InChI=1S/C15H10ClNO4/c1-20-12-5-3-9(16)7-10(12)14-17-11-4-2-8(15(18)19)6-13(11)21-14/h2-7H,1H3,(H,18,19). The molecule has 1 aromatic heterocycles. The Hall–Kier alpha value is -2.53. The summed E-state index contributed by atoms with van der Waals surface area (Å²) < 4.78 is 10.9. The second-order valence-corrected chi connectivity index (χ2v) is 4.79. The van der Waals surface area contributed by atoms with Crippen molar-refractivity contribution < 1.29 is 19.1 Å².